The number of anilines is 1. The Labute approximate surface area is 291 Å². The van der Waals surface area contributed by atoms with Gasteiger partial charge in [-0.3, -0.25) is 14.6 Å². The van der Waals surface area contributed by atoms with E-state index in [2.05, 4.69) is 29.2 Å². The molecule has 11 nitrogen and oxygen atoms in total. The summed E-state index contributed by atoms with van der Waals surface area (Å²) in [5, 5.41) is 12.1. The molecule has 5 unspecified atom stereocenters. The van der Waals surface area contributed by atoms with Crippen LogP contribution in [0.25, 0.3) is 0 Å². The lowest BCUT2D eigenvalue weighted by atomic mass is 9.90. The van der Waals surface area contributed by atoms with Gasteiger partial charge in [0.2, 0.25) is 5.91 Å². The van der Waals surface area contributed by atoms with Crippen molar-refractivity contribution < 1.29 is 33.7 Å². The van der Waals surface area contributed by atoms with Crippen molar-refractivity contribution in [3.05, 3.63) is 131 Å². The van der Waals surface area contributed by atoms with Crippen LogP contribution < -0.4 is 10.2 Å². The number of hydrogen-bond acceptors (Lipinski definition) is 9. The third-order valence-electron chi connectivity index (χ3n) is 9.14. The lowest BCUT2D eigenvalue weighted by Gasteiger charge is -2.42. The molecule has 3 aromatic carbocycles. The molecule has 2 aliphatic rings. The number of aliphatic hydroxyl groups excluding tert-OH is 1. The molecule has 2 fully saturated rings. The molecule has 2 saturated heterocycles. The predicted octanol–water partition coefficient (Wildman–Crippen LogP) is 5.10. The van der Waals surface area contributed by atoms with Crippen molar-refractivity contribution in [3.8, 4) is 0 Å². The van der Waals surface area contributed by atoms with Gasteiger partial charge in [0.05, 0.1) is 30.9 Å². The monoisotopic (exact) mass is 678 g/mol. The summed E-state index contributed by atoms with van der Waals surface area (Å²) in [6.45, 7) is 3.52. The fraction of sp³-hybridized carbons (Fsp3) is 0.333. The summed E-state index contributed by atoms with van der Waals surface area (Å²) in [5.74, 6) is -1.01. The number of likely N-dealkylation sites (N-methyl/N-ethyl adjacent to an activating group) is 1. The van der Waals surface area contributed by atoms with Crippen molar-refractivity contribution in [1.29, 1.82) is 0 Å². The first-order valence-electron chi connectivity index (χ1n) is 16.8. The summed E-state index contributed by atoms with van der Waals surface area (Å²) in [4.78, 5) is 46.8. The molecule has 50 heavy (non-hydrogen) atoms. The molecule has 0 bridgehead atoms. The topological polar surface area (TPSA) is 131 Å². The highest BCUT2D eigenvalue weighted by molar-refractivity contribution is 6.22. The molecule has 3 heterocycles. The first-order valence-corrected chi connectivity index (χ1v) is 16.8. The van der Waals surface area contributed by atoms with Crippen LogP contribution in [0, 0.1) is 5.92 Å². The van der Waals surface area contributed by atoms with Gasteiger partial charge in [-0.1, -0.05) is 79.7 Å². The molecule has 0 aliphatic carbocycles. The van der Waals surface area contributed by atoms with E-state index in [-0.39, 0.29) is 37.8 Å². The SMILES string of the molecule is CC1C(CN(C)CCc2ccccn2)OC(c2cccc(N3C(=O)CC(NC(=O)OCc4ccccc4)C3=O)c2)OC1c1ccc(CO)cc1. The molecule has 4 aromatic rings. The van der Waals surface area contributed by atoms with Gasteiger partial charge in [-0.25, -0.2) is 9.69 Å². The summed E-state index contributed by atoms with van der Waals surface area (Å²) < 4.78 is 18.5. The highest BCUT2D eigenvalue weighted by Crippen LogP contribution is 2.42. The second kappa shape index (κ2) is 16.2. The van der Waals surface area contributed by atoms with E-state index in [1.54, 1.807) is 24.4 Å². The van der Waals surface area contributed by atoms with Gasteiger partial charge in [-0.05, 0) is 48.0 Å². The Morgan fingerprint density at radius 1 is 0.960 bits per heavy atom. The number of aliphatic hydroxyl groups is 1. The molecule has 1 aromatic heterocycles. The second-order valence-electron chi connectivity index (χ2n) is 12.8. The van der Waals surface area contributed by atoms with E-state index in [4.69, 9.17) is 14.2 Å². The molecule has 260 valence electrons. The number of alkyl carbamates (subject to hydrolysis) is 1. The number of carbonyl (C=O) groups excluding carboxylic acids is 3. The Morgan fingerprint density at radius 3 is 2.48 bits per heavy atom. The minimum atomic E-state index is -1.05. The molecule has 6 rings (SSSR count). The first kappa shape index (κ1) is 34.9. The molecule has 0 spiro atoms. The summed E-state index contributed by atoms with van der Waals surface area (Å²) >= 11 is 0. The number of hydrogen-bond donors (Lipinski definition) is 2. The number of carbonyl (C=O) groups is 3. The van der Waals surface area contributed by atoms with Gasteiger partial charge in [0, 0.05) is 42.9 Å². The number of amides is 3. The molecule has 5 atom stereocenters. The van der Waals surface area contributed by atoms with E-state index in [0.29, 0.717) is 17.8 Å². The molecule has 11 heteroatoms. The van der Waals surface area contributed by atoms with Crippen LogP contribution in [0.1, 0.15) is 53.7 Å². The second-order valence-corrected chi connectivity index (χ2v) is 12.8. The Bertz CT molecular complexity index is 1760. The Morgan fingerprint density at radius 2 is 1.74 bits per heavy atom. The van der Waals surface area contributed by atoms with Gasteiger partial charge in [-0.15, -0.1) is 0 Å². The van der Waals surface area contributed by atoms with Gasteiger partial charge in [0.1, 0.15) is 12.6 Å². The predicted molar refractivity (Wildman–Crippen MR) is 186 cm³/mol. The van der Waals surface area contributed by atoms with E-state index < -0.39 is 30.2 Å². The van der Waals surface area contributed by atoms with Crippen LogP contribution in [0.15, 0.2) is 103 Å². The molecule has 2 N–H and O–H groups in total. The maximum atomic E-state index is 13.4. The van der Waals surface area contributed by atoms with E-state index >= 15 is 0 Å². The van der Waals surface area contributed by atoms with Gasteiger partial charge in [-0.2, -0.15) is 0 Å². The quantitative estimate of drug-likeness (QED) is 0.197. The zero-order valence-corrected chi connectivity index (χ0v) is 28.2. The van der Waals surface area contributed by atoms with Crippen molar-refractivity contribution >= 4 is 23.6 Å². The summed E-state index contributed by atoms with van der Waals surface area (Å²) in [6.07, 6.45) is 0.289. The Hall–Kier alpha value is -4.94. The van der Waals surface area contributed by atoms with Crippen LogP contribution in [-0.2, 0) is 43.4 Å². The fourth-order valence-corrected chi connectivity index (χ4v) is 6.31. The van der Waals surface area contributed by atoms with E-state index in [0.717, 1.165) is 40.2 Å². The molecule has 2 aliphatic heterocycles. The largest absolute Gasteiger partial charge is 0.445 e. The summed E-state index contributed by atoms with van der Waals surface area (Å²) in [7, 11) is 2.06. The lowest BCUT2D eigenvalue weighted by Crippen LogP contribution is -2.44. The highest BCUT2D eigenvalue weighted by Gasteiger charge is 2.42. The third kappa shape index (κ3) is 8.43. The van der Waals surface area contributed by atoms with Crippen molar-refractivity contribution in [2.45, 2.75) is 57.5 Å². The van der Waals surface area contributed by atoms with Crippen molar-refractivity contribution in [3.63, 3.8) is 0 Å². The average molecular weight is 679 g/mol. The lowest BCUT2D eigenvalue weighted by molar-refractivity contribution is -0.275. The van der Waals surface area contributed by atoms with Gasteiger partial charge < -0.3 is 29.5 Å². The van der Waals surface area contributed by atoms with Crippen molar-refractivity contribution in [2.75, 3.05) is 25.0 Å². The standard InChI is InChI=1S/C39H42N4O7/c1-26-34(23-42(2)20-18-31-12-6-7-19-40-31)49-38(50-36(26)29-16-14-27(24-44)15-17-29)30-11-8-13-32(21-30)43-35(45)22-33(37(43)46)41-39(47)48-25-28-9-4-3-5-10-28/h3-17,19,21,26,33-34,36,38,44H,18,20,22-25H2,1-2H3,(H,41,47). The smallest absolute Gasteiger partial charge is 0.408 e. The van der Waals surface area contributed by atoms with Crippen molar-refractivity contribution in [2.24, 2.45) is 5.92 Å². The highest BCUT2D eigenvalue weighted by atomic mass is 16.7. The Balaban J connectivity index is 1.17. The van der Waals surface area contributed by atoms with Crippen LogP contribution in [0.4, 0.5) is 10.5 Å². The van der Waals surface area contributed by atoms with Crippen molar-refractivity contribution in [1.82, 2.24) is 15.2 Å². The number of aromatic nitrogens is 1. The van der Waals surface area contributed by atoms with E-state index in [9.17, 15) is 19.5 Å². The number of rotatable bonds is 12. The maximum Gasteiger partial charge on any atom is 0.408 e. The van der Waals surface area contributed by atoms with Gasteiger partial charge in [0.25, 0.3) is 5.91 Å². The number of nitrogens with zero attached hydrogens (tertiary/aromatic N) is 3. The maximum absolute atomic E-state index is 13.4. The average Bonchev–Trinajstić information content (AvgIpc) is 3.42. The molecule has 0 saturated carbocycles. The number of ether oxygens (including phenoxy) is 3. The van der Waals surface area contributed by atoms with Crippen LogP contribution in [-0.4, -0.2) is 65.2 Å². The molecule has 3 amide bonds. The number of benzene rings is 3. The number of nitrogens with one attached hydrogen (secondary N) is 1. The Kier molecular flexibility index (Phi) is 11.3. The van der Waals surface area contributed by atoms with Crippen LogP contribution in [0.5, 0.6) is 0 Å². The minimum Gasteiger partial charge on any atom is -0.445 e. The molecular formula is C39H42N4O7. The third-order valence-corrected chi connectivity index (χ3v) is 9.14. The van der Waals surface area contributed by atoms with E-state index in [1.165, 1.54) is 0 Å². The van der Waals surface area contributed by atoms with Gasteiger partial charge in [0.15, 0.2) is 6.29 Å². The molecule has 0 radical (unpaired) electrons. The number of imide groups is 1. The minimum absolute atomic E-state index is 0.0260. The van der Waals surface area contributed by atoms with Crippen LogP contribution >= 0.6 is 0 Å². The molecular weight excluding hydrogens is 636 g/mol. The number of pyridine rings is 1. The summed E-state index contributed by atoms with van der Waals surface area (Å²) in [5.41, 5.74) is 4.59. The summed E-state index contributed by atoms with van der Waals surface area (Å²) in [6, 6.07) is 28.8. The van der Waals surface area contributed by atoms with E-state index in [1.807, 2.05) is 78.9 Å². The zero-order chi connectivity index (χ0) is 35.0. The zero-order valence-electron chi connectivity index (χ0n) is 28.2. The normalized spacial score (nSPS) is 22.2. The first-order chi connectivity index (χ1) is 24.3. The fourth-order valence-electron chi connectivity index (χ4n) is 6.31. The van der Waals surface area contributed by atoms with Crippen LogP contribution in [0.2, 0.25) is 0 Å². The van der Waals surface area contributed by atoms with Crippen LogP contribution in [0.3, 0.4) is 0 Å². The van der Waals surface area contributed by atoms with Gasteiger partial charge >= 0.3 is 6.09 Å².